The van der Waals surface area contributed by atoms with Gasteiger partial charge in [0.05, 0.1) is 17.4 Å². The van der Waals surface area contributed by atoms with Gasteiger partial charge in [-0.2, -0.15) is 5.10 Å². The molecule has 2 aliphatic rings. The fraction of sp³-hybridized carbons (Fsp3) is 0.407. The van der Waals surface area contributed by atoms with Gasteiger partial charge in [0.2, 0.25) is 0 Å². The first kappa shape index (κ1) is 21.7. The Bertz CT molecular complexity index is 1080. The van der Waals surface area contributed by atoms with E-state index < -0.39 is 0 Å². The van der Waals surface area contributed by atoms with Gasteiger partial charge in [-0.25, -0.2) is 9.48 Å². The van der Waals surface area contributed by atoms with Gasteiger partial charge in [-0.05, 0) is 49.9 Å². The second-order valence-electron chi connectivity index (χ2n) is 9.21. The Hall–Kier alpha value is -3.12. The number of rotatable bonds is 7. The number of carbonyl (C=O) groups excluding carboxylic acids is 1. The fourth-order valence-electron chi connectivity index (χ4n) is 5.22. The molecule has 0 spiro atoms. The number of aromatic nitrogens is 2. The highest BCUT2D eigenvalue weighted by molar-refractivity contribution is 5.90. The molecule has 2 amide bonds. The first-order valence-electron chi connectivity index (χ1n) is 12.2. The summed E-state index contributed by atoms with van der Waals surface area (Å²) in [5, 5.41) is 11.3. The topological polar surface area (TPSA) is 62.2 Å². The molecule has 3 aromatic rings. The molecule has 1 aromatic heterocycles. The second-order valence-corrected chi connectivity index (χ2v) is 9.21. The number of nitrogens with zero attached hydrogens (tertiary/aromatic N) is 3. The summed E-state index contributed by atoms with van der Waals surface area (Å²) in [7, 11) is 0. The van der Waals surface area contributed by atoms with Crippen LogP contribution >= 0.6 is 0 Å². The zero-order chi connectivity index (χ0) is 22.6. The van der Waals surface area contributed by atoms with Gasteiger partial charge in [0, 0.05) is 24.6 Å². The Kier molecular flexibility index (Phi) is 6.44. The number of carbonyl (C=O) groups is 1. The Balaban J connectivity index is 1.35. The van der Waals surface area contributed by atoms with E-state index in [1.165, 1.54) is 24.0 Å². The minimum absolute atomic E-state index is 0.0744. The van der Waals surface area contributed by atoms with E-state index in [9.17, 15) is 4.79 Å². The number of hydrogen-bond acceptors (Lipinski definition) is 3. The maximum Gasteiger partial charge on any atom is 0.320 e. The molecular formula is C27H33N5O. The molecule has 1 saturated heterocycles. The number of para-hydroxylation sites is 1. The van der Waals surface area contributed by atoms with Gasteiger partial charge >= 0.3 is 6.03 Å². The Morgan fingerprint density at radius 1 is 1.03 bits per heavy atom. The first-order valence-corrected chi connectivity index (χ1v) is 12.2. The first-order chi connectivity index (χ1) is 16.2. The largest absolute Gasteiger partial charge is 0.333 e. The summed E-state index contributed by atoms with van der Waals surface area (Å²) in [5.74, 6) is 1.10. The number of likely N-dealkylation sites (tertiary alicyclic amines) is 1. The van der Waals surface area contributed by atoms with Gasteiger partial charge in [0.15, 0.2) is 0 Å². The van der Waals surface area contributed by atoms with Gasteiger partial charge < -0.3 is 10.2 Å². The van der Waals surface area contributed by atoms with Crippen molar-refractivity contribution in [3.05, 3.63) is 77.5 Å². The van der Waals surface area contributed by atoms with Gasteiger partial charge in [0.1, 0.15) is 5.82 Å². The second kappa shape index (κ2) is 9.79. The molecule has 1 fully saturated rings. The normalized spacial score (nSPS) is 20.0. The van der Waals surface area contributed by atoms with Crippen molar-refractivity contribution in [3.8, 4) is 5.69 Å². The van der Waals surface area contributed by atoms with Crippen LogP contribution in [0.25, 0.3) is 5.69 Å². The molecule has 0 bridgehead atoms. The number of benzene rings is 2. The molecule has 2 aromatic carbocycles. The van der Waals surface area contributed by atoms with Crippen LogP contribution in [0.1, 0.15) is 48.9 Å². The van der Waals surface area contributed by atoms with Crippen molar-refractivity contribution >= 4 is 11.8 Å². The van der Waals surface area contributed by atoms with Gasteiger partial charge in [-0.15, -0.1) is 0 Å². The summed E-state index contributed by atoms with van der Waals surface area (Å²) in [6, 6.07) is 20.6. The van der Waals surface area contributed by atoms with E-state index in [1.54, 1.807) is 0 Å². The van der Waals surface area contributed by atoms with Crippen LogP contribution < -0.4 is 10.6 Å². The van der Waals surface area contributed by atoms with E-state index in [0.717, 1.165) is 56.1 Å². The van der Waals surface area contributed by atoms with Crippen molar-refractivity contribution in [2.24, 2.45) is 0 Å². The minimum Gasteiger partial charge on any atom is -0.333 e. The molecule has 5 rings (SSSR count). The van der Waals surface area contributed by atoms with Crippen molar-refractivity contribution in [1.82, 2.24) is 20.0 Å². The quantitative estimate of drug-likeness (QED) is 0.554. The van der Waals surface area contributed by atoms with E-state index >= 15 is 0 Å². The average Bonchev–Trinajstić information content (AvgIpc) is 3.55. The summed E-state index contributed by atoms with van der Waals surface area (Å²) >= 11 is 0. The molecule has 2 N–H and O–H groups in total. The Morgan fingerprint density at radius 2 is 1.79 bits per heavy atom. The van der Waals surface area contributed by atoms with Crippen LogP contribution in [0.5, 0.6) is 0 Å². The molecule has 1 unspecified atom stereocenters. The van der Waals surface area contributed by atoms with Crippen LogP contribution in [0.2, 0.25) is 0 Å². The molecule has 1 aliphatic carbocycles. The smallest absolute Gasteiger partial charge is 0.320 e. The summed E-state index contributed by atoms with van der Waals surface area (Å²) < 4.78 is 1.89. The zero-order valence-corrected chi connectivity index (χ0v) is 19.3. The van der Waals surface area contributed by atoms with E-state index in [-0.39, 0.29) is 12.1 Å². The predicted octanol–water partition coefficient (Wildman–Crippen LogP) is 4.75. The van der Waals surface area contributed by atoms with Crippen LogP contribution in [0, 0.1) is 0 Å². The maximum atomic E-state index is 13.3. The van der Waals surface area contributed by atoms with Gasteiger partial charge in [0.25, 0.3) is 0 Å². The maximum absolute atomic E-state index is 13.3. The lowest BCUT2D eigenvalue weighted by molar-refractivity contribution is 0.246. The van der Waals surface area contributed by atoms with Gasteiger partial charge in [-0.1, -0.05) is 61.9 Å². The number of aryl methyl sites for hydroxylation is 1. The SMILES string of the molecule is CCCCN1CC(NC(=O)Nc2c3c(nn2-c2ccccc2)CCC3)[C@H](c2ccccc2)C1. The third-order valence-electron chi connectivity index (χ3n) is 6.91. The number of hydrogen-bond donors (Lipinski definition) is 2. The molecule has 33 heavy (non-hydrogen) atoms. The number of amides is 2. The number of unbranched alkanes of at least 4 members (excludes halogenated alkanes) is 1. The monoisotopic (exact) mass is 443 g/mol. The van der Waals surface area contributed by atoms with E-state index in [0.29, 0.717) is 5.92 Å². The predicted molar refractivity (Wildman–Crippen MR) is 132 cm³/mol. The van der Waals surface area contributed by atoms with Crippen molar-refractivity contribution < 1.29 is 4.79 Å². The van der Waals surface area contributed by atoms with E-state index in [2.05, 4.69) is 46.7 Å². The van der Waals surface area contributed by atoms with Crippen LogP contribution in [0.15, 0.2) is 60.7 Å². The van der Waals surface area contributed by atoms with Crippen molar-refractivity contribution in [1.29, 1.82) is 0 Å². The number of fused-ring (bicyclic) bond motifs is 1. The van der Waals surface area contributed by atoms with Crippen LogP contribution in [0.4, 0.5) is 10.6 Å². The third-order valence-corrected chi connectivity index (χ3v) is 6.91. The van der Waals surface area contributed by atoms with Crippen molar-refractivity contribution in [2.45, 2.75) is 51.0 Å². The van der Waals surface area contributed by atoms with Crippen LogP contribution in [-0.4, -0.2) is 46.4 Å². The number of urea groups is 1. The highest BCUT2D eigenvalue weighted by Gasteiger charge is 2.35. The molecular weight excluding hydrogens is 410 g/mol. The van der Waals surface area contributed by atoms with E-state index in [1.807, 2.05) is 41.1 Å². The lowest BCUT2D eigenvalue weighted by Gasteiger charge is -2.21. The van der Waals surface area contributed by atoms with Crippen molar-refractivity contribution in [2.75, 3.05) is 25.0 Å². The summed E-state index contributed by atoms with van der Waals surface area (Å²) in [5.41, 5.74) is 4.53. The fourth-order valence-corrected chi connectivity index (χ4v) is 5.22. The molecule has 6 nitrogen and oxygen atoms in total. The van der Waals surface area contributed by atoms with Crippen LogP contribution in [-0.2, 0) is 12.8 Å². The van der Waals surface area contributed by atoms with Crippen LogP contribution in [0.3, 0.4) is 0 Å². The summed E-state index contributed by atoms with van der Waals surface area (Å²) in [6.07, 6.45) is 5.38. The Labute approximate surface area is 196 Å². The Morgan fingerprint density at radius 3 is 2.55 bits per heavy atom. The average molecular weight is 444 g/mol. The zero-order valence-electron chi connectivity index (χ0n) is 19.3. The molecule has 0 saturated carbocycles. The van der Waals surface area contributed by atoms with Gasteiger partial charge in [-0.3, -0.25) is 5.32 Å². The summed E-state index contributed by atoms with van der Waals surface area (Å²) in [4.78, 5) is 15.7. The third kappa shape index (κ3) is 4.67. The highest BCUT2D eigenvalue weighted by atomic mass is 16.2. The number of nitrogens with one attached hydrogen (secondary N) is 2. The lowest BCUT2D eigenvalue weighted by atomic mass is 9.94. The highest BCUT2D eigenvalue weighted by Crippen LogP contribution is 2.32. The van der Waals surface area contributed by atoms with E-state index in [4.69, 9.17) is 5.10 Å². The molecule has 6 heteroatoms. The molecule has 0 radical (unpaired) electrons. The molecule has 2 atom stereocenters. The van der Waals surface area contributed by atoms with Crippen molar-refractivity contribution in [3.63, 3.8) is 0 Å². The number of anilines is 1. The standard InChI is InChI=1S/C27H33N5O/c1-2-3-17-31-18-23(20-11-6-4-7-12-20)25(19-31)28-27(33)29-26-22-15-10-16-24(22)30-32(26)21-13-8-5-9-14-21/h4-9,11-14,23,25H,2-3,10,15-19H2,1H3,(H2,28,29,33)/t23-,25?/m0/s1. The molecule has 2 heterocycles. The molecule has 172 valence electrons. The molecule has 1 aliphatic heterocycles. The lowest BCUT2D eigenvalue weighted by Crippen LogP contribution is -2.42. The summed E-state index contributed by atoms with van der Waals surface area (Å²) in [6.45, 7) is 5.16. The minimum atomic E-state index is -0.148.